The van der Waals surface area contributed by atoms with Crippen molar-refractivity contribution in [1.29, 1.82) is 0 Å². The molecule has 0 bridgehead atoms. The molecule has 2 amide bonds. The number of aliphatic carboxylic acids is 1. The van der Waals surface area contributed by atoms with E-state index >= 15 is 0 Å². The second-order valence-corrected chi connectivity index (χ2v) is 10.00. The minimum Gasteiger partial charge on any atom is -0.480 e. The van der Waals surface area contributed by atoms with Crippen molar-refractivity contribution in [2.75, 3.05) is 6.61 Å². The second kappa shape index (κ2) is 10.9. The predicted octanol–water partition coefficient (Wildman–Crippen LogP) is 4.70. The van der Waals surface area contributed by atoms with Gasteiger partial charge in [0.25, 0.3) is 0 Å². The van der Waals surface area contributed by atoms with Crippen LogP contribution in [-0.2, 0) is 14.3 Å². The maximum absolute atomic E-state index is 13.0. The van der Waals surface area contributed by atoms with E-state index in [9.17, 15) is 19.5 Å². The number of nitrogens with one attached hydrogen (secondary N) is 2. The number of carboxylic acids is 1. The van der Waals surface area contributed by atoms with Crippen LogP contribution in [0.3, 0.4) is 0 Å². The molecular formula is C28H34N2O5. The predicted molar refractivity (Wildman–Crippen MR) is 133 cm³/mol. The molecule has 0 heterocycles. The Bertz CT molecular complexity index is 1040. The fourth-order valence-corrected chi connectivity index (χ4v) is 5.38. The van der Waals surface area contributed by atoms with E-state index in [1.165, 1.54) is 0 Å². The molecule has 0 saturated heterocycles. The van der Waals surface area contributed by atoms with E-state index in [1.54, 1.807) is 0 Å². The minimum atomic E-state index is -1.04. The molecule has 2 aliphatic rings. The van der Waals surface area contributed by atoms with Crippen molar-refractivity contribution in [1.82, 2.24) is 10.6 Å². The number of benzene rings is 2. The van der Waals surface area contributed by atoms with Gasteiger partial charge in [0.15, 0.2) is 0 Å². The summed E-state index contributed by atoms with van der Waals surface area (Å²) in [6.07, 6.45) is 2.83. The Hall–Kier alpha value is -3.35. The van der Waals surface area contributed by atoms with Gasteiger partial charge >= 0.3 is 12.1 Å². The van der Waals surface area contributed by atoms with Gasteiger partial charge in [-0.05, 0) is 47.4 Å². The summed E-state index contributed by atoms with van der Waals surface area (Å²) in [6.45, 7) is 4.05. The molecule has 7 heteroatoms. The summed E-state index contributed by atoms with van der Waals surface area (Å²) in [5.74, 6) is -1.73. The van der Waals surface area contributed by atoms with E-state index in [0.29, 0.717) is 19.3 Å². The molecule has 186 valence electrons. The number of hydrogen-bond acceptors (Lipinski definition) is 4. The first-order valence-electron chi connectivity index (χ1n) is 12.5. The molecule has 3 atom stereocenters. The summed E-state index contributed by atoms with van der Waals surface area (Å²) < 4.78 is 5.67. The highest BCUT2D eigenvalue weighted by Crippen LogP contribution is 2.44. The lowest BCUT2D eigenvalue weighted by molar-refractivity contribution is -0.143. The third kappa shape index (κ3) is 5.66. The topological polar surface area (TPSA) is 105 Å². The van der Waals surface area contributed by atoms with Crippen LogP contribution in [0.4, 0.5) is 4.79 Å². The van der Waals surface area contributed by atoms with Gasteiger partial charge < -0.3 is 20.5 Å². The summed E-state index contributed by atoms with van der Waals surface area (Å²) in [5, 5.41) is 15.1. The van der Waals surface area contributed by atoms with Crippen LogP contribution in [0.2, 0.25) is 0 Å². The number of fused-ring (bicyclic) bond motifs is 3. The van der Waals surface area contributed by atoms with Crippen molar-refractivity contribution in [3.8, 4) is 11.1 Å². The van der Waals surface area contributed by atoms with E-state index in [-0.39, 0.29) is 30.4 Å². The molecule has 35 heavy (non-hydrogen) atoms. The van der Waals surface area contributed by atoms with Crippen molar-refractivity contribution in [2.45, 2.75) is 64.0 Å². The van der Waals surface area contributed by atoms with E-state index in [2.05, 4.69) is 34.9 Å². The summed E-state index contributed by atoms with van der Waals surface area (Å²) in [5.41, 5.74) is 4.61. The third-order valence-corrected chi connectivity index (χ3v) is 7.07. The molecule has 1 fully saturated rings. The monoisotopic (exact) mass is 478 g/mol. The first-order chi connectivity index (χ1) is 16.8. The molecule has 0 spiro atoms. The number of hydrogen-bond donors (Lipinski definition) is 3. The summed E-state index contributed by atoms with van der Waals surface area (Å²) in [7, 11) is 0. The Morgan fingerprint density at radius 3 is 2.17 bits per heavy atom. The first-order valence-corrected chi connectivity index (χ1v) is 12.5. The average Bonchev–Trinajstić information content (AvgIpc) is 3.16. The molecular weight excluding hydrogens is 444 g/mol. The zero-order valence-electron chi connectivity index (χ0n) is 20.3. The molecule has 0 aliphatic heterocycles. The van der Waals surface area contributed by atoms with Crippen LogP contribution in [-0.4, -0.2) is 41.8 Å². The Kier molecular flexibility index (Phi) is 7.73. The average molecular weight is 479 g/mol. The van der Waals surface area contributed by atoms with Crippen LogP contribution in [0, 0.1) is 11.8 Å². The van der Waals surface area contributed by atoms with Crippen LogP contribution in [0.15, 0.2) is 48.5 Å². The molecule has 0 unspecified atom stereocenters. The van der Waals surface area contributed by atoms with Crippen LogP contribution >= 0.6 is 0 Å². The Morgan fingerprint density at radius 2 is 1.57 bits per heavy atom. The van der Waals surface area contributed by atoms with E-state index < -0.39 is 24.0 Å². The number of carbonyl (C=O) groups excluding carboxylic acids is 2. The minimum absolute atomic E-state index is 0.0361. The number of carboxylic acid groups (broad SMARTS) is 1. The molecule has 3 N–H and O–H groups in total. The van der Waals surface area contributed by atoms with Crippen LogP contribution in [0.1, 0.15) is 63.0 Å². The van der Waals surface area contributed by atoms with Crippen molar-refractivity contribution < 1.29 is 24.2 Å². The maximum Gasteiger partial charge on any atom is 0.407 e. The standard InChI is InChI=1S/C28H34N2O5/c1-17(2)15-25(27(32)33)29-26(31)22-13-7-8-14-24(22)30-28(34)35-16-23-20-11-5-3-9-18(20)19-10-4-6-12-21(19)23/h3-6,9-12,17,22-25H,7-8,13-16H2,1-2H3,(H,29,31)(H,30,34)(H,32,33)/t22-,24+,25-/m0/s1. The van der Waals surface area contributed by atoms with Crippen molar-refractivity contribution in [3.63, 3.8) is 0 Å². The van der Waals surface area contributed by atoms with Gasteiger partial charge in [-0.25, -0.2) is 9.59 Å². The van der Waals surface area contributed by atoms with Gasteiger partial charge in [0.2, 0.25) is 5.91 Å². The number of ether oxygens (including phenoxy) is 1. The van der Waals surface area contributed by atoms with Gasteiger partial charge in [0.1, 0.15) is 12.6 Å². The highest BCUT2D eigenvalue weighted by atomic mass is 16.5. The first kappa shape index (κ1) is 24.8. The second-order valence-electron chi connectivity index (χ2n) is 10.00. The number of carbonyl (C=O) groups is 3. The van der Waals surface area contributed by atoms with Gasteiger partial charge in [-0.1, -0.05) is 75.2 Å². The highest BCUT2D eigenvalue weighted by Gasteiger charge is 2.35. The Balaban J connectivity index is 1.38. The lowest BCUT2D eigenvalue weighted by Crippen LogP contribution is -2.52. The SMILES string of the molecule is CC(C)C[C@H](NC(=O)[C@H]1CCCC[C@H]1NC(=O)OCC1c2ccccc2-c2ccccc21)C(=O)O. The van der Waals surface area contributed by atoms with Crippen LogP contribution in [0.5, 0.6) is 0 Å². The summed E-state index contributed by atoms with van der Waals surface area (Å²) in [6, 6.07) is 15.0. The van der Waals surface area contributed by atoms with Crippen LogP contribution < -0.4 is 10.6 Å². The van der Waals surface area contributed by atoms with Crippen molar-refractivity contribution in [2.24, 2.45) is 11.8 Å². The Morgan fingerprint density at radius 1 is 0.971 bits per heavy atom. The van der Waals surface area contributed by atoms with Gasteiger partial charge in [0, 0.05) is 12.0 Å². The quantitative estimate of drug-likeness (QED) is 0.510. The van der Waals surface area contributed by atoms with Gasteiger partial charge in [-0.3, -0.25) is 4.79 Å². The number of alkyl carbamates (subject to hydrolysis) is 1. The van der Waals surface area contributed by atoms with E-state index in [0.717, 1.165) is 35.1 Å². The molecule has 2 aromatic carbocycles. The molecule has 0 radical (unpaired) electrons. The molecule has 1 saturated carbocycles. The maximum atomic E-state index is 13.0. The number of amides is 2. The Labute approximate surface area is 206 Å². The smallest absolute Gasteiger partial charge is 0.407 e. The molecule has 7 nitrogen and oxygen atoms in total. The molecule has 2 aliphatic carbocycles. The molecule has 4 rings (SSSR count). The van der Waals surface area contributed by atoms with Crippen LogP contribution in [0.25, 0.3) is 11.1 Å². The van der Waals surface area contributed by atoms with Crippen molar-refractivity contribution in [3.05, 3.63) is 59.7 Å². The highest BCUT2D eigenvalue weighted by molar-refractivity contribution is 5.86. The molecule has 2 aromatic rings. The third-order valence-electron chi connectivity index (χ3n) is 7.07. The number of rotatable bonds is 8. The lowest BCUT2D eigenvalue weighted by Gasteiger charge is -2.32. The zero-order valence-corrected chi connectivity index (χ0v) is 20.3. The summed E-state index contributed by atoms with van der Waals surface area (Å²) in [4.78, 5) is 37.3. The van der Waals surface area contributed by atoms with E-state index in [4.69, 9.17) is 4.74 Å². The zero-order chi connectivity index (χ0) is 24.9. The fraction of sp³-hybridized carbons (Fsp3) is 0.464. The van der Waals surface area contributed by atoms with Gasteiger partial charge in [-0.2, -0.15) is 0 Å². The molecule has 0 aromatic heterocycles. The fourth-order valence-electron chi connectivity index (χ4n) is 5.38. The largest absolute Gasteiger partial charge is 0.480 e. The summed E-state index contributed by atoms with van der Waals surface area (Å²) >= 11 is 0. The lowest BCUT2D eigenvalue weighted by atomic mass is 9.83. The van der Waals surface area contributed by atoms with Gasteiger partial charge in [0.05, 0.1) is 5.92 Å². The normalized spacial score (nSPS) is 20.0. The van der Waals surface area contributed by atoms with Crippen molar-refractivity contribution >= 4 is 18.0 Å². The van der Waals surface area contributed by atoms with E-state index in [1.807, 2.05) is 38.1 Å². The van der Waals surface area contributed by atoms with Gasteiger partial charge in [-0.15, -0.1) is 0 Å².